The van der Waals surface area contributed by atoms with Gasteiger partial charge in [-0.15, -0.1) is 11.3 Å². The predicted octanol–water partition coefficient (Wildman–Crippen LogP) is 2.66. The Balaban J connectivity index is 2.14. The van der Waals surface area contributed by atoms with E-state index >= 15 is 0 Å². The molecule has 0 fully saturated rings. The standard InChI is InChI=1S/C14H14N2O2S/c1-2-11-6-7-12(19-11)14(18)16-10-5-3-4-9(8-10)13(15)17/h3-8H,2H2,1H3,(H2,15,17)(H,16,18). The summed E-state index contributed by atoms with van der Waals surface area (Å²) < 4.78 is 0. The molecule has 5 heteroatoms. The van der Waals surface area contributed by atoms with Gasteiger partial charge in [-0.1, -0.05) is 13.0 Å². The lowest BCUT2D eigenvalue weighted by atomic mass is 10.2. The van der Waals surface area contributed by atoms with Crippen LogP contribution in [0.2, 0.25) is 0 Å². The lowest BCUT2D eigenvalue weighted by Crippen LogP contribution is -2.13. The normalized spacial score (nSPS) is 10.2. The van der Waals surface area contributed by atoms with Crippen LogP contribution in [0.15, 0.2) is 36.4 Å². The molecule has 19 heavy (non-hydrogen) atoms. The predicted molar refractivity (Wildman–Crippen MR) is 76.6 cm³/mol. The quantitative estimate of drug-likeness (QED) is 0.899. The highest BCUT2D eigenvalue weighted by Crippen LogP contribution is 2.19. The summed E-state index contributed by atoms with van der Waals surface area (Å²) in [5.41, 5.74) is 6.13. The molecule has 1 aromatic heterocycles. The van der Waals surface area contributed by atoms with Crippen LogP contribution in [0.25, 0.3) is 0 Å². The average Bonchev–Trinajstić information content (AvgIpc) is 2.88. The van der Waals surface area contributed by atoms with Crippen LogP contribution >= 0.6 is 11.3 Å². The third-order valence-corrected chi connectivity index (χ3v) is 3.87. The van der Waals surface area contributed by atoms with Crippen LogP contribution in [0.5, 0.6) is 0 Å². The Morgan fingerprint density at radius 2 is 2.05 bits per heavy atom. The Morgan fingerprint density at radius 3 is 2.68 bits per heavy atom. The molecule has 1 aromatic carbocycles. The van der Waals surface area contributed by atoms with Gasteiger partial charge in [0.25, 0.3) is 5.91 Å². The Morgan fingerprint density at radius 1 is 1.26 bits per heavy atom. The summed E-state index contributed by atoms with van der Waals surface area (Å²) in [4.78, 5) is 24.9. The molecule has 0 atom stereocenters. The van der Waals surface area contributed by atoms with Gasteiger partial charge in [0.2, 0.25) is 5.91 Å². The van der Waals surface area contributed by atoms with Crippen molar-refractivity contribution in [1.29, 1.82) is 0 Å². The fourth-order valence-corrected chi connectivity index (χ4v) is 2.48. The second-order valence-electron chi connectivity index (χ2n) is 4.02. The zero-order chi connectivity index (χ0) is 13.8. The minimum absolute atomic E-state index is 0.175. The zero-order valence-corrected chi connectivity index (χ0v) is 11.3. The first-order valence-corrected chi connectivity index (χ1v) is 6.71. The van der Waals surface area contributed by atoms with Crippen molar-refractivity contribution in [3.63, 3.8) is 0 Å². The summed E-state index contributed by atoms with van der Waals surface area (Å²) in [5.74, 6) is -0.688. The maximum atomic E-state index is 12.0. The number of nitrogens with one attached hydrogen (secondary N) is 1. The van der Waals surface area contributed by atoms with Crippen LogP contribution < -0.4 is 11.1 Å². The summed E-state index contributed by atoms with van der Waals surface area (Å²) in [7, 11) is 0. The minimum atomic E-state index is -0.513. The van der Waals surface area contributed by atoms with Gasteiger partial charge >= 0.3 is 0 Å². The van der Waals surface area contributed by atoms with E-state index in [-0.39, 0.29) is 5.91 Å². The Labute approximate surface area is 115 Å². The van der Waals surface area contributed by atoms with Crippen molar-refractivity contribution in [1.82, 2.24) is 0 Å². The summed E-state index contributed by atoms with van der Waals surface area (Å²) >= 11 is 1.47. The highest BCUT2D eigenvalue weighted by Gasteiger charge is 2.10. The maximum absolute atomic E-state index is 12.0. The molecule has 2 amide bonds. The van der Waals surface area contributed by atoms with Gasteiger partial charge in [0, 0.05) is 16.1 Å². The number of benzene rings is 1. The molecule has 0 bridgehead atoms. The molecule has 2 rings (SSSR count). The van der Waals surface area contributed by atoms with E-state index < -0.39 is 5.91 Å². The van der Waals surface area contributed by atoms with Crippen LogP contribution in [0.4, 0.5) is 5.69 Å². The van der Waals surface area contributed by atoms with E-state index in [0.717, 1.165) is 11.3 Å². The fourth-order valence-electron chi connectivity index (χ4n) is 1.63. The van der Waals surface area contributed by atoms with Crippen LogP contribution in [0, 0.1) is 0 Å². The molecule has 0 aliphatic heterocycles. The SMILES string of the molecule is CCc1ccc(C(=O)Nc2cccc(C(N)=O)c2)s1. The third-order valence-electron chi connectivity index (χ3n) is 2.64. The van der Waals surface area contributed by atoms with Gasteiger partial charge in [0.1, 0.15) is 0 Å². The van der Waals surface area contributed by atoms with Crippen molar-refractivity contribution in [2.75, 3.05) is 5.32 Å². The van der Waals surface area contributed by atoms with Crippen LogP contribution in [-0.2, 0) is 6.42 Å². The largest absolute Gasteiger partial charge is 0.366 e. The van der Waals surface area contributed by atoms with E-state index in [9.17, 15) is 9.59 Å². The molecule has 0 saturated carbocycles. The second kappa shape index (κ2) is 5.67. The lowest BCUT2D eigenvalue weighted by molar-refractivity contribution is 0.0996. The number of anilines is 1. The molecule has 0 aliphatic rings. The number of hydrogen-bond acceptors (Lipinski definition) is 3. The zero-order valence-electron chi connectivity index (χ0n) is 10.5. The number of primary amides is 1. The summed E-state index contributed by atoms with van der Waals surface area (Å²) in [6, 6.07) is 10.3. The monoisotopic (exact) mass is 274 g/mol. The number of aryl methyl sites for hydroxylation is 1. The van der Waals surface area contributed by atoms with Crippen molar-refractivity contribution in [3.8, 4) is 0 Å². The number of thiophene rings is 1. The fraction of sp³-hybridized carbons (Fsp3) is 0.143. The van der Waals surface area contributed by atoms with E-state index in [1.54, 1.807) is 30.3 Å². The summed E-state index contributed by atoms with van der Waals surface area (Å²) in [6.07, 6.45) is 0.912. The highest BCUT2D eigenvalue weighted by molar-refractivity contribution is 7.14. The molecule has 0 radical (unpaired) electrons. The van der Waals surface area contributed by atoms with Gasteiger partial charge in [-0.3, -0.25) is 9.59 Å². The van der Waals surface area contributed by atoms with E-state index in [1.807, 2.05) is 13.0 Å². The van der Waals surface area contributed by atoms with E-state index in [2.05, 4.69) is 5.32 Å². The maximum Gasteiger partial charge on any atom is 0.265 e. The molecule has 4 nitrogen and oxygen atoms in total. The van der Waals surface area contributed by atoms with Gasteiger partial charge in [-0.2, -0.15) is 0 Å². The molecule has 0 unspecified atom stereocenters. The molecule has 0 aliphatic carbocycles. The van der Waals surface area contributed by atoms with Crippen molar-refractivity contribution < 1.29 is 9.59 Å². The first-order chi connectivity index (χ1) is 9.10. The van der Waals surface area contributed by atoms with Gasteiger partial charge < -0.3 is 11.1 Å². The van der Waals surface area contributed by atoms with Crippen LogP contribution in [-0.4, -0.2) is 11.8 Å². The van der Waals surface area contributed by atoms with E-state index in [0.29, 0.717) is 16.1 Å². The molecule has 3 N–H and O–H groups in total. The first kappa shape index (κ1) is 13.3. The molecule has 0 spiro atoms. The lowest BCUT2D eigenvalue weighted by Gasteiger charge is -2.04. The molecule has 0 saturated heterocycles. The average molecular weight is 274 g/mol. The molecule has 2 aromatic rings. The van der Waals surface area contributed by atoms with Crippen molar-refractivity contribution in [2.24, 2.45) is 5.73 Å². The molecule has 98 valence electrons. The number of carbonyl (C=O) groups is 2. The Kier molecular flexibility index (Phi) is 3.97. The number of hydrogen-bond donors (Lipinski definition) is 2. The molecular weight excluding hydrogens is 260 g/mol. The van der Waals surface area contributed by atoms with Gasteiger partial charge in [0.15, 0.2) is 0 Å². The highest BCUT2D eigenvalue weighted by atomic mass is 32.1. The minimum Gasteiger partial charge on any atom is -0.366 e. The van der Waals surface area contributed by atoms with Crippen LogP contribution in [0.3, 0.4) is 0 Å². The number of nitrogens with two attached hydrogens (primary N) is 1. The molecular formula is C14H14N2O2S. The second-order valence-corrected chi connectivity index (χ2v) is 5.19. The molecule has 1 heterocycles. The smallest absolute Gasteiger partial charge is 0.265 e. The topological polar surface area (TPSA) is 72.2 Å². The number of carbonyl (C=O) groups excluding carboxylic acids is 2. The van der Waals surface area contributed by atoms with E-state index in [1.165, 1.54) is 11.3 Å². The Hall–Kier alpha value is -2.14. The third kappa shape index (κ3) is 3.20. The van der Waals surface area contributed by atoms with Crippen molar-refractivity contribution >= 4 is 28.8 Å². The number of rotatable bonds is 4. The summed E-state index contributed by atoms with van der Waals surface area (Å²) in [5, 5.41) is 2.75. The van der Waals surface area contributed by atoms with E-state index in [4.69, 9.17) is 5.73 Å². The van der Waals surface area contributed by atoms with Crippen molar-refractivity contribution in [2.45, 2.75) is 13.3 Å². The number of amides is 2. The Bertz CT molecular complexity index is 619. The van der Waals surface area contributed by atoms with Crippen molar-refractivity contribution in [3.05, 3.63) is 51.7 Å². The van der Waals surface area contributed by atoms with Crippen LogP contribution in [0.1, 0.15) is 31.8 Å². The van der Waals surface area contributed by atoms with Gasteiger partial charge in [0.05, 0.1) is 4.88 Å². The van der Waals surface area contributed by atoms with Gasteiger partial charge in [-0.25, -0.2) is 0 Å². The first-order valence-electron chi connectivity index (χ1n) is 5.90. The van der Waals surface area contributed by atoms with Gasteiger partial charge in [-0.05, 0) is 36.8 Å². The summed E-state index contributed by atoms with van der Waals surface area (Å²) in [6.45, 7) is 2.05.